The summed E-state index contributed by atoms with van der Waals surface area (Å²) < 4.78 is 5.33. The maximum absolute atomic E-state index is 5.73. The fourth-order valence-electron chi connectivity index (χ4n) is 1.57. The molecule has 1 atom stereocenters. The molecule has 2 heterocycles. The average Bonchev–Trinajstić information content (AvgIpc) is 2.91. The molecule has 2 aromatic rings. The highest BCUT2D eigenvalue weighted by Crippen LogP contribution is 2.23. The minimum absolute atomic E-state index is 0.00685. The molecule has 0 saturated carbocycles. The molecule has 1 unspecified atom stereocenters. The Morgan fingerprint density at radius 3 is 2.88 bits per heavy atom. The Morgan fingerprint density at radius 2 is 2.31 bits per heavy atom. The number of thiophene rings is 1. The second kappa shape index (κ2) is 5.50. The van der Waals surface area contributed by atoms with Crippen LogP contribution in [0.15, 0.2) is 33.4 Å². The predicted molar refractivity (Wildman–Crippen MR) is 66.4 cm³/mol. The number of aryl methyl sites for hydroxylation is 1. The van der Waals surface area contributed by atoms with Gasteiger partial charge in [-0.15, -0.1) is 0 Å². The molecule has 0 amide bonds. The van der Waals surface area contributed by atoms with Gasteiger partial charge < -0.3 is 4.42 Å². The minimum atomic E-state index is 0.00685. The molecule has 5 heteroatoms. The van der Waals surface area contributed by atoms with Crippen molar-refractivity contribution in [2.45, 2.75) is 18.9 Å². The lowest BCUT2D eigenvalue weighted by atomic mass is 10.1. The molecule has 86 valence electrons. The Bertz CT molecular complexity index is 427. The van der Waals surface area contributed by atoms with E-state index in [9.17, 15) is 0 Å². The first kappa shape index (κ1) is 11.7. The monoisotopic (exact) mass is 256 g/mol. The molecule has 0 aliphatic heterocycles. The van der Waals surface area contributed by atoms with Crippen LogP contribution in [0.3, 0.4) is 0 Å². The molecule has 0 spiro atoms. The van der Waals surface area contributed by atoms with Crippen LogP contribution in [-0.4, -0.2) is 0 Å². The van der Waals surface area contributed by atoms with Gasteiger partial charge in [-0.1, -0.05) is 0 Å². The highest BCUT2D eigenvalue weighted by Gasteiger charge is 2.13. The fourth-order valence-corrected chi connectivity index (χ4v) is 2.42. The molecule has 16 heavy (non-hydrogen) atoms. The van der Waals surface area contributed by atoms with Gasteiger partial charge in [0.05, 0.1) is 6.04 Å². The lowest BCUT2D eigenvalue weighted by Gasteiger charge is -2.12. The maximum atomic E-state index is 5.73. The van der Waals surface area contributed by atoms with E-state index in [0.717, 1.165) is 18.6 Å². The van der Waals surface area contributed by atoms with Gasteiger partial charge in [0.2, 0.25) is 0 Å². The van der Waals surface area contributed by atoms with Crippen molar-refractivity contribution in [3.05, 3.63) is 45.5 Å². The van der Waals surface area contributed by atoms with Crippen LogP contribution in [0.4, 0.5) is 0 Å². The van der Waals surface area contributed by atoms with Gasteiger partial charge >= 0.3 is 0 Å². The van der Waals surface area contributed by atoms with Crippen molar-refractivity contribution >= 4 is 22.9 Å². The third-order valence-electron chi connectivity index (χ3n) is 2.44. The first-order valence-electron chi connectivity index (χ1n) is 5.02. The molecule has 0 radical (unpaired) electrons. The number of halogens is 1. The number of nitrogens with one attached hydrogen (secondary N) is 1. The van der Waals surface area contributed by atoms with Crippen LogP contribution in [0.5, 0.6) is 0 Å². The Labute approximate surface area is 103 Å². The zero-order valence-corrected chi connectivity index (χ0v) is 10.2. The fraction of sp³-hybridized carbons (Fsp3) is 0.273. The van der Waals surface area contributed by atoms with Crippen LogP contribution in [0.2, 0.25) is 5.22 Å². The van der Waals surface area contributed by atoms with Crippen LogP contribution < -0.4 is 11.3 Å². The summed E-state index contributed by atoms with van der Waals surface area (Å²) >= 11 is 7.43. The first-order chi connectivity index (χ1) is 7.79. The van der Waals surface area contributed by atoms with E-state index in [1.165, 1.54) is 5.56 Å². The third kappa shape index (κ3) is 2.86. The van der Waals surface area contributed by atoms with Gasteiger partial charge in [0.1, 0.15) is 5.76 Å². The highest BCUT2D eigenvalue weighted by molar-refractivity contribution is 7.07. The molecule has 3 N–H and O–H groups in total. The van der Waals surface area contributed by atoms with Crippen molar-refractivity contribution in [2.24, 2.45) is 5.84 Å². The summed E-state index contributed by atoms with van der Waals surface area (Å²) in [6.45, 7) is 0. The smallest absolute Gasteiger partial charge is 0.193 e. The molecule has 0 fully saturated rings. The Morgan fingerprint density at radius 1 is 1.44 bits per heavy atom. The molecular weight excluding hydrogens is 244 g/mol. The van der Waals surface area contributed by atoms with Crippen LogP contribution in [0.1, 0.15) is 23.8 Å². The quantitative estimate of drug-likeness (QED) is 0.638. The summed E-state index contributed by atoms with van der Waals surface area (Å²) in [7, 11) is 0. The molecule has 0 aliphatic rings. The van der Waals surface area contributed by atoms with Gasteiger partial charge in [-0.2, -0.15) is 11.3 Å². The molecule has 2 rings (SSSR count). The van der Waals surface area contributed by atoms with E-state index in [-0.39, 0.29) is 6.04 Å². The summed E-state index contributed by atoms with van der Waals surface area (Å²) in [4.78, 5) is 0. The van der Waals surface area contributed by atoms with Crippen LogP contribution in [0.25, 0.3) is 0 Å². The molecule has 3 nitrogen and oxygen atoms in total. The van der Waals surface area contributed by atoms with Crippen molar-refractivity contribution < 1.29 is 4.42 Å². The number of rotatable bonds is 5. The number of furan rings is 1. The van der Waals surface area contributed by atoms with Gasteiger partial charge in [-0.25, -0.2) is 5.43 Å². The van der Waals surface area contributed by atoms with E-state index in [1.807, 2.05) is 6.07 Å². The summed E-state index contributed by atoms with van der Waals surface area (Å²) in [5.74, 6) is 6.28. The molecule has 0 aliphatic carbocycles. The zero-order valence-electron chi connectivity index (χ0n) is 8.65. The van der Waals surface area contributed by atoms with Gasteiger partial charge in [0.25, 0.3) is 0 Å². The van der Waals surface area contributed by atoms with Crippen LogP contribution >= 0.6 is 22.9 Å². The lowest BCUT2D eigenvalue weighted by Crippen LogP contribution is -2.28. The second-order valence-corrected chi connectivity index (χ2v) is 4.68. The van der Waals surface area contributed by atoms with Crippen LogP contribution in [0, 0.1) is 0 Å². The van der Waals surface area contributed by atoms with E-state index in [0.29, 0.717) is 5.22 Å². The average molecular weight is 257 g/mol. The van der Waals surface area contributed by atoms with Gasteiger partial charge in [-0.3, -0.25) is 5.84 Å². The topological polar surface area (TPSA) is 51.2 Å². The molecule has 0 bridgehead atoms. The van der Waals surface area contributed by atoms with Crippen LogP contribution in [-0.2, 0) is 6.42 Å². The van der Waals surface area contributed by atoms with E-state index >= 15 is 0 Å². The van der Waals surface area contributed by atoms with Crippen molar-refractivity contribution in [3.63, 3.8) is 0 Å². The summed E-state index contributed by atoms with van der Waals surface area (Å²) in [5.41, 5.74) is 4.07. The standard InChI is InChI=1S/C11H13ClN2OS/c12-11-4-3-10(15-11)9(14-13)2-1-8-5-6-16-7-8/h3-7,9,14H,1-2,13H2. The van der Waals surface area contributed by atoms with Crippen molar-refractivity contribution in [3.8, 4) is 0 Å². The number of nitrogens with two attached hydrogens (primary N) is 1. The third-order valence-corrected chi connectivity index (χ3v) is 3.38. The molecular formula is C11H13ClN2OS. The van der Waals surface area contributed by atoms with E-state index in [2.05, 4.69) is 22.3 Å². The largest absolute Gasteiger partial charge is 0.448 e. The minimum Gasteiger partial charge on any atom is -0.448 e. The first-order valence-corrected chi connectivity index (χ1v) is 6.34. The van der Waals surface area contributed by atoms with E-state index in [1.54, 1.807) is 17.4 Å². The number of hydrazine groups is 1. The van der Waals surface area contributed by atoms with E-state index in [4.69, 9.17) is 21.9 Å². The van der Waals surface area contributed by atoms with Crippen molar-refractivity contribution in [1.82, 2.24) is 5.43 Å². The maximum Gasteiger partial charge on any atom is 0.193 e. The SMILES string of the molecule is NNC(CCc1ccsc1)c1ccc(Cl)o1. The zero-order chi connectivity index (χ0) is 11.4. The normalized spacial score (nSPS) is 12.9. The predicted octanol–water partition coefficient (Wildman–Crippen LogP) is 3.13. The molecule has 0 aromatic carbocycles. The van der Waals surface area contributed by atoms with Crippen molar-refractivity contribution in [2.75, 3.05) is 0 Å². The number of hydrogen-bond donors (Lipinski definition) is 2. The van der Waals surface area contributed by atoms with Gasteiger partial charge in [0.15, 0.2) is 5.22 Å². The number of hydrogen-bond acceptors (Lipinski definition) is 4. The lowest BCUT2D eigenvalue weighted by molar-refractivity contribution is 0.402. The molecule has 2 aromatic heterocycles. The van der Waals surface area contributed by atoms with Gasteiger partial charge in [0, 0.05) is 0 Å². The highest BCUT2D eigenvalue weighted by atomic mass is 35.5. The Balaban J connectivity index is 1.96. The summed E-state index contributed by atoms with van der Waals surface area (Å²) in [6.07, 6.45) is 1.85. The summed E-state index contributed by atoms with van der Waals surface area (Å²) in [5, 5.41) is 4.61. The summed E-state index contributed by atoms with van der Waals surface area (Å²) in [6, 6.07) is 5.70. The molecule has 0 saturated heterocycles. The second-order valence-electron chi connectivity index (χ2n) is 3.53. The van der Waals surface area contributed by atoms with E-state index < -0.39 is 0 Å². The Kier molecular flexibility index (Phi) is 4.01. The Hall–Kier alpha value is -0.810. The van der Waals surface area contributed by atoms with Crippen molar-refractivity contribution in [1.29, 1.82) is 0 Å². The van der Waals surface area contributed by atoms with Gasteiger partial charge in [-0.05, 0) is 59.0 Å².